The van der Waals surface area contributed by atoms with Crippen LogP contribution in [-0.4, -0.2) is 9.78 Å². The molecule has 0 aliphatic carbocycles. The van der Waals surface area contributed by atoms with E-state index in [0.717, 1.165) is 16.9 Å². The van der Waals surface area contributed by atoms with Crippen molar-refractivity contribution in [2.45, 2.75) is 12.1 Å². The lowest BCUT2D eigenvalue weighted by atomic mass is 10.2. The summed E-state index contributed by atoms with van der Waals surface area (Å²) in [4.78, 5) is 0. The largest absolute Gasteiger partial charge is 0.419 e. The SMILES string of the molecule is FC(F)(F)c1cnn(-c2cc(Br)ccc2CCl)c1. The molecule has 7 heteroatoms. The number of nitrogens with zero attached hydrogens (tertiary/aromatic N) is 2. The molecular weight excluding hydrogens is 332 g/mol. The molecule has 1 aromatic heterocycles. The Hall–Kier alpha value is -1.01. The van der Waals surface area contributed by atoms with Crippen molar-refractivity contribution >= 4 is 27.5 Å². The van der Waals surface area contributed by atoms with Gasteiger partial charge in [0.05, 0.1) is 17.4 Å². The molecule has 96 valence electrons. The molecule has 0 aliphatic heterocycles. The first-order valence-electron chi connectivity index (χ1n) is 4.88. The van der Waals surface area contributed by atoms with Gasteiger partial charge in [-0.1, -0.05) is 22.0 Å². The first-order chi connectivity index (χ1) is 8.41. The molecule has 0 amide bonds. The molecule has 0 atom stereocenters. The number of alkyl halides is 4. The minimum absolute atomic E-state index is 0.198. The van der Waals surface area contributed by atoms with E-state index in [4.69, 9.17) is 11.6 Å². The molecule has 2 aromatic rings. The molecule has 18 heavy (non-hydrogen) atoms. The highest BCUT2D eigenvalue weighted by Crippen LogP contribution is 2.30. The number of aromatic nitrogens is 2. The maximum Gasteiger partial charge on any atom is 0.419 e. The van der Waals surface area contributed by atoms with E-state index in [0.29, 0.717) is 11.3 Å². The summed E-state index contributed by atoms with van der Waals surface area (Å²) in [5, 5.41) is 3.72. The van der Waals surface area contributed by atoms with Gasteiger partial charge < -0.3 is 0 Å². The highest BCUT2D eigenvalue weighted by atomic mass is 79.9. The molecule has 0 N–H and O–H groups in total. The Morgan fingerprint density at radius 1 is 1.33 bits per heavy atom. The van der Waals surface area contributed by atoms with Crippen LogP contribution in [0, 0.1) is 0 Å². The standard InChI is InChI=1S/C11H7BrClF3N2/c12-9-2-1-7(4-13)10(3-9)18-6-8(5-17-18)11(14,15)16/h1-3,5-6H,4H2. The molecule has 0 saturated heterocycles. The molecule has 0 saturated carbocycles. The Labute approximate surface area is 114 Å². The fraction of sp³-hybridized carbons (Fsp3) is 0.182. The van der Waals surface area contributed by atoms with Crippen LogP contribution in [0.25, 0.3) is 5.69 Å². The smallest absolute Gasteiger partial charge is 0.240 e. The van der Waals surface area contributed by atoms with E-state index < -0.39 is 11.7 Å². The van der Waals surface area contributed by atoms with Crippen LogP contribution in [-0.2, 0) is 12.1 Å². The van der Waals surface area contributed by atoms with Crippen LogP contribution in [0.4, 0.5) is 13.2 Å². The van der Waals surface area contributed by atoms with Gasteiger partial charge in [0, 0.05) is 16.5 Å². The van der Waals surface area contributed by atoms with Gasteiger partial charge in [-0.25, -0.2) is 4.68 Å². The predicted octanol–water partition coefficient (Wildman–Crippen LogP) is 4.39. The molecule has 1 aromatic carbocycles. The summed E-state index contributed by atoms with van der Waals surface area (Å²) in [7, 11) is 0. The van der Waals surface area contributed by atoms with Crippen LogP contribution in [0.1, 0.15) is 11.1 Å². The molecule has 0 unspecified atom stereocenters. The van der Waals surface area contributed by atoms with Crippen molar-refractivity contribution in [3.05, 3.63) is 46.2 Å². The number of hydrogen-bond acceptors (Lipinski definition) is 1. The van der Waals surface area contributed by atoms with Gasteiger partial charge in [0.2, 0.25) is 0 Å². The quantitative estimate of drug-likeness (QED) is 0.742. The van der Waals surface area contributed by atoms with Gasteiger partial charge in [-0.05, 0) is 17.7 Å². The first kappa shape index (κ1) is 13.4. The Morgan fingerprint density at radius 3 is 2.61 bits per heavy atom. The van der Waals surface area contributed by atoms with E-state index in [1.807, 2.05) is 0 Å². The zero-order valence-electron chi connectivity index (χ0n) is 8.88. The van der Waals surface area contributed by atoms with Gasteiger partial charge in [0.15, 0.2) is 0 Å². The van der Waals surface area contributed by atoms with Gasteiger partial charge in [0.25, 0.3) is 0 Å². The molecule has 0 aliphatic rings. The number of hydrogen-bond donors (Lipinski definition) is 0. The first-order valence-corrected chi connectivity index (χ1v) is 6.21. The lowest BCUT2D eigenvalue weighted by molar-refractivity contribution is -0.137. The van der Waals surface area contributed by atoms with Gasteiger partial charge in [0.1, 0.15) is 0 Å². The third-order valence-electron chi connectivity index (χ3n) is 2.35. The molecule has 0 radical (unpaired) electrons. The normalized spacial score (nSPS) is 11.8. The average molecular weight is 340 g/mol. The zero-order chi connectivity index (χ0) is 13.3. The molecule has 0 fully saturated rings. The van der Waals surface area contributed by atoms with Crippen LogP contribution in [0.15, 0.2) is 35.1 Å². The molecular formula is C11H7BrClF3N2. The third-order valence-corrected chi connectivity index (χ3v) is 3.13. The second-order valence-electron chi connectivity index (χ2n) is 3.58. The van der Waals surface area contributed by atoms with E-state index in [-0.39, 0.29) is 5.88 Å². The summed E-state index contributed by atoms with van der Waals surface area (Å²) in [6.07, 6.45) is -2.66. The summed E-state index contributed by atoms with van der Waals surface area (Å²) in [5.74, 6) is 0.198. The summed E-state index contributed by atoms with van der Waals surface area (Å²) >= 11 is 9.02. The number of rotatable bonds is 2. The van der Waals surface area contributed by atoms with Crippen molar-refractivity contribution in [3.63, 3.8) is 0 Å². The lowest BCUT2D eigenvalue weighted by Gasteiger charge is -2.08. The molecule has 2 nitrogen and oxygen atoms in total. The predicted molar refractivity (Wildman–Crippen MR) is 65.8 cm³/mol. The van der Waals surface area contributed by atoms with Crippen molar-refractivity contribution in [2.75, 3.05) is 0 Å². The monoisotopic (exact) mass is 338 g/mol. The Kier molecular flexibility index (Phi) is 3.68. The molecule has 0 bridgehead atoms. The minimum atomic E-state index is -4.40. The van der Waals surface area contributed by atoms with Crippen molar-refractivity contribution in [1.29, 1.82) is 0 Å². The fourth-order valence-electron chi connectivity index (χ4n) is 1.46. The van der Waals surface area contributed by atoms with Crippen LogP contribution in [0.2, 0.25) is 0 Å². The van der Waals surface area contributed by atoms with E-state index >= 15 is 0 Å². The van der Waals surface area contributed by atoms with Crippen molar-refractivity contribution in [1.82, 2.24) is 9.78 Å². The zero-order valence-corrected chi connectivity index (χ0v) is 11.2. The Bertz CT molecular complexity index is 566. The molecule has 1 heterocycles. The maximum atomic E-state index is 12.5. The van der Waals surface area contributed by atoms with Crippen LogP contribution < -0.4 is 0 Å². The third kappa shape index (κ3) is 2.70. The fourth-order valence-corrected chi connectivity index (χ4v) is 2.04. The molecule has 0 spiro atoms. The van der Waals surface area contributed by atoms with Gasteiger partial charge in [-0.3, -0.25) is 0 Å². The highest BCUT2D eigenvalue weighted by Gasteiger charge is 2.32. The van der Waals surface area contributed by atoms with Gasteiger partial charge in [-0.2, -0.15) is 18.3 Å². The highest BCUT2D eigenvalue weighted by molar-refractivity contribution is 9.10. The summed E-state index contributed by atoms with van der Waals surface area (Å²) in [6, 6.07) is 5.18. The second-order valence-corrected chi connectivity index (χ2v) is 4.76. The maximum absolute atomic E-state index is 12.5. The number of benzene rings is 1. The average Bonchev–Trinajstić information content (AvgIpc) is 2.77. The van der Waals surface area contributed by atoms with E-state index in [1.165, 1.54) is 4.68 Å². The van der Waals surface area contributed by atoms with Crippen molar-refractivity contribution in [2.24, 2.45) is 0 Å². The van der Waals surface area contributed by atoms with E-state index in [2.05, 4.69) is 21.0 Å². The minimum Gasteiger partial charge on any atom is -0.240 e. The Morgan fingerprint density at radius 2 is 2.06 bits per heavy atom. The van der Waals surface area contributed by atoms with Crippen LogP contribution >= 0.6 is 27.5 Å². The topological polar surface area (TPSA) is 17.8 Å². The Balaban J connectivity index is 2.49. The van der Waals surface area contributed by atoms with Crippen molar-refractivity contribution < 1.29 is 13.2 Å². The van der Waals surface area contributed by atoms with Crippen LogP contribution in [0.3, 0.4) is 0 Å². The van der Waals surface area contributed by atoms with Crippen molar-refractivity contribution in [3.8, 4) is 5.69 Å². The van der Waals surface area contributed by atoms with E-state index in [1.54, 1.807) is 18.2 Å². The van der Waals surface area contributed by atoms with Crippen LogP contribution in [0.5, 0.6) is 0 Å². The molecule has 2 rings (SSSR count). The van der Waals surface area contributed by atoms with Gasteiger partial charge >= 0.3 is 6.18 Å². The summed E-state index contributed by atoms with van der Waals surface area (Å²) in [6.45, 7) is 0. The second kappa shape index (κ2) is 4.93. The summed E-state index contributed by atoms with van der Waals surface area (Å²) < 4.78 is 39.4. The van der Waals surface area contributed by atoms with Gasteiger partial charge in [-0.15, -0.1) is 11.6 Å². The summed E-state index contributed by atoms with van der Waals surface area (Å²) in [5.41, 5.74) is 0.439. The lowest BCUT2D eigenvalue weighted by Crippen LogP contribution is -2.03. The number of halogens is 5. The van der Waals surface area contributed by atoms with E-state index in [9.17, 15) is 13.2 Å².